The Kier molecular flexibility index (Phi) is 2.84. The summed E-state index contributed by atoms with van der Waals surface area (Å²) in [6, 6.07) is 4.15. The van der Waals surface area contributed by atoms with Crippen molar-refractivity contribution < 1.29 is 0 Å². The van der Waals surface area contributed by atoms with E-state index in [-0.39, 0.29) is 0 Å². The second-order valence-corrected chi connectivity index (χ2v) is 3.05. The van der Waals surface area contributed by atoms with Crippen molar-refractivity contribution in [1.29, 1.82) is 0 Å². The molecule has 0 saturated heterocycles. The summed E-state index contributed by atoms with van der Waals surface area (Å²) in [5, 5.41) is 0. The fraction of sp³-hybridized carbons (Fsp3) is 0.400. The first-order valence-electron chi connectivity index (χ1n) is 4.18. The number of benzene rings is 1. The lowest BCUT2D eigenvalue weighted by molar-refractivity contribution is 0.980. The molecule has 0 fully saturated rings. The highest BCUT2D eigenvalue weighted by molar-refractivity contribution is 5.39. The standard InChI is InChI=1S/C10H16N2/c1-7-3-4-9(5-11)8(2)10(7)6-12/h3-4H,5-6,11-12H2,1-2H3. The van der Waals surface area contributed by atoms with Crippen LogP contribution in [0, 0.1) is 13.8 Å². The Morgan fingerprint density at radius 3 is 2.25 bits per heavy atom. The van der Waals surface area contributed by atoms with Gasteiger partial charge in [0.2, 0.25) is 0 Å². The third kappa shape index (κ3) is 1.49. The van der Waals surface area contributed by atoms with Crippen LogP contribution in [-0.4, -0.2) is 0 Å². The minimum Gasteiger partial charge on any atom is -0.326 e. The van der Waals surface area contributed by atoms with Crippen LogP contribution in [0.25, 0.3) is 0 Å². The first kappa shape index (κ1) is 9.23. The van der Waals surface area contributed by atoms with Gasteiger partial charge in [-0.25, -0.2) is 0 Å². The Hall–Kier alpha value is -0.860. The maximum absolute atomic E-state index is 5.63. The van der Waals surface area contributed by atoms with Gasteiger partial charge in [0.05, 0.1) is 0 Å². The molecule has 2 nitrogen and oxygen atoms in total. The Morgan fingerprint density at radius 2 is 1.75 bits per heavy atom. The van der Waals surface area contributed by atoms with Crippen molar-refractivity contribution in [2.75, 3.05) is 0 Å². The second-order valence-electron chi connectivity index (χ2n) is 3.05. The van der Waals surface area contributed by atoms with E-state index in [1.807, 2.05) is 0 Å². The molecule has 1 aromatic carbocycles. The highest BCUT2D eigenvalue weighted by Gasteiger charge is 2.03. The van der Waals surface area contributed by atoms with E-state index in [4.69, 9.17) is 11.5 Å². The predicted octanol–water partition coefficient (Wildman–Crippen LogP) is 1.22. The summed E-state index contributed by atoms with van der Waals surface area (Å²) >= 11 is 0. The molecule has 0 aliphatic carbocycles. The van der Waals surface area contributed by atoms with Gasteiger partial charge < -0.3 is 11.5 Å². The van der Waals surface area contributed by atoms with E-state index in [1.165, 1.54) is 22.3 Å². The quantitative estimate of drug-likeness (QED) is 0.690. The summed E-state index contributed by atoms with van der Waals surface area (Å²) in [4.78, 5) is 0. The van der Waals surface area contributed by atoms with Crippen LogP contribution in [-0.2, 0) is 13.1 Å². The van der Waals surface area contributed by atoms with E-state index in [1.54, 1.807) is 0 Å². The molecular weight excluding hydrogens is 148 g/mol. The van der Waals surface area contributed by atoms with Gasteiger partial charge in [0, 0.05) is 13.1 Å². The third-order valence-electron chi connectivity index (χ3n) is 2.37. The smallest absolute Gasteiger partial charge is 0.0183 e. The summed E-state index contributed by atoms with van der Waals surface area (Å²) in [7, 11) is 0. The van der Waals surface area contributed by atoms with Crippen molar-refractivity contribution in [3.05, 3.63) is 34.4 Å². The molecule has 0 radical (unpaired) electrons. The summed E-state index contributed by atoms with van der Waals surface area (Å²) in [5.74, 6) is 0. The lowest BCUT2D eigenvalue weighted by Crippen LogP contribution is -2.07. The summed E-state index contributed by atoms with van der Waals surface area (Å²) in [6.45, 7) is 5.36. The van der Waals surface area contributed by atoms with Crippen molar-refractivity contribution in [1.82, 2.24) is 0 Å². The lowest BCUT2D eigenvalue weighted by atomic mass is 9.98. The Morgan fingerprint density at radius 1 is 1.08 bits per heavy atom. The molecule has 66 valence electrons. The van der Waals surface area contributed by atoms with Crippen molar-refractivity contribution >= 4 is 0 Å². The van der Waals surface area contributed by atoms with Gasteiger partial charge in [0.25, 0.3) is 0 Å². The average molecular weight is 164 g/mol. The zero-order valence-electron chi connectivity index (χ0n) is 7.72. The van der Waals surface area contributed by atoms with E-state index in [0.717, 1.165) is 0 Å². The largest absolute Gasteiger partial charge is 0.326 e. The molecule has 0 aliphatic heterocycles. The van der Waals surface area contributed by atoms with Gasteiger partial charge in [-0.05, 0) is 36.1 Å². The van der Waals surface area contributed by atoms with Crippen molar-refractivity contribution in [3.63, 3.8) is 0 Å². The van der Waals surface area contributed by atoms with Gasteiger partial charge >= 0.3 is 0 Å². The van der Waals surface area contributed by atoms with Gasteiger partial charge in [-0.1, -0.05) is 12.1 Å². The van der Waals surface area contributed by atoms with Crippen LogP contribution in [0.5, 0.6) is 0 Å². The molecule has 0 saturated carbocycles. The van der Waals surface area contributed by atoms with Crippen molar-refractivity contribution in [3.8, 4) is 0 Å². The van der Waals surface area contributed by atoms with E-state index in [9.17, 15) is 0 Å². The number of hydrogen-bond donors (Lipinski definition) is 2. The third-order valence-corrected chi connectivity index (χ3v) is 2.37. The molecule has 0 aromatic heterocycles. The molecule has 4 N–H and O–H groups in total. The van der Waals surface area contributed by atoms with Crippen LogP contribution >= 0.6 is 0 Å². The average Bonchev–Trinajstić information content (AvgIpc) is 2.06. The van der Waals surface area contributed by atoms with E-state index in [0.29, 0.717) is 13.1 Å². The molecule has 12 heavy (non-hydrogen) atoms. The van der Waals surface area contributed by atoms with Gasteiger partial charge in [0.1, 0.15) is 0 Å². The van der Waals surface area contributed by atoms with E-state index >= 15 is 0 Å². The van der Waals surface area contributed by atoms with Crippen LogP contribution in [0.3, 0.4) is 0 Å². The molecular formula is C10H16N2. The highest BCUT2D eigenvalue weighted by atomic mass is 14.5. The van der Waals surface area contributed by atoms with Crippen LogP contribution in [0.4, 0.5) is 0 Å². The maximum Gasteiger partial charge on any atom is 0.0183 e. The Bertz CT molecular complexity index is 279. The Balaban J connectivity index is 3.24. The Labute approximate surface area is 73.6 Å². The minimum atomic E-state index is 0.596. The van der Waals surface area contributed by atoms with E-state index < -0.39 is 0 Å². The fourth-order valence-electron chi connectivity index (χ4n) is 1.48. The van der Waals surface area contributed by atoms with Crippen LogP contribution < -0.4 is 11.5 Å². The van der Waals surface area contributed by atoms with Gasteiger partial charge in [0.15, 0.2) is 0 Å². The number of rotatable bonds is 2. The van der Waals surface area contributed by atoms with Crippen molar-refractivity contribution in [2.24, 2.45) is 11.5 Å². The first-order chi connectivity index (χ1) is 5.70. The van der Waals surface area contributed by atoms with Crippen molar-refractivity contribution in [2.45, 2.75) is 26.9 Å². The predicted molar refractivity (Wildman–Crippen MR) is 51.7 cm³/mol. The second kappa shape index (κ2) is 3.70. The van der Waals surface area contributed by atoms with Crippen LogP contribution in [0.1, 0.15) is 22.3 Å². The van der Waals surface area contributed by atoms with E-state index in [2.05, 4.69) is 26.0 Å². The zero-order valence-corrected chi connectivity index (χ0v) is 7.72. The van der Waals surface area contributed by atoms with Gasteiger partial charge in [-0.2, -0.15) is 0 Å². The fourth-order valence-corrected chi connectivity index (χ4v) is 1.48. The van der Waals surface area contributed by atoms with Crippen LogP contribution in [0.2, 0.25) is 0 Å². The normalized spacial score (nSPS) is 10.3. The molecule has 0 bridgehead atoms. The molecule has 0 unspecified atom stereocenters. The molecule has 2 heteroatoms. The summed E-state index contributed by atoms with van der Waals surface area (Å²) in [5.41, 5.74) is 16.2. The van der Waals surface area contributed by atoms with Crippen LogP contribution in [0.15, 0.2) is 12.1 Å². The summed E-state index contributed by atoms with van der Waals surface area (Å²) < 4.78 is 0. The number of nitrogens with two attached hydrogens (primary N) is 2. The molecule has 0 amide bonds. The molecule has 0 spiro atoms. The molecule has 1 aromatic rings. The molecule has 0 heterocycles. The maximum atomic E-state index is 5.63. The van der Waals surface area contributed by atoms with Gasteiger partial charge in [-0.3, -0.25) is 0 Å². The zero-order chi connectivity index (χ0) is 9.14. The highest BCUT2D eigenvalue weighted by Crippen LogP contribution is 2.16. The number of aryl methyl sites for hydroxylation is 1. The monoisotopic (exact) mass is 164 g/mol. The minimum absolute atomic E-state index is 0.596. The topological polar surface area (TPSA) is 52.0 Å². The number of hydrogen-bond acceptors (Lipinski definition) is 2. The molecule has 1 rings (SSSR count). The lowest BCUT2D eigenvalue weighted by Gasteiger charge is -2.11. The van der Waals surface area contributed by atoms with Gasteiger partial charge in [-0.15, -0.1) is 0 Å². The first-order valence-corrected chi connectivity index (χ1v) is 4.18. The SMILES string of the molecule is Cc1ccc(CN)c(C)c1CN. The summed E-state index contributed by atoms with van der Waals surface area (Å²) in [6.07, 6.45) is 0. The molecule has 0 atom stereocenters. The molecule has 0 aliphatic rings.